The standard InChI is InChI=1S/C13H18Br2N2O3S/c14-11-5-9(16)6-12(15)13(11)21(19,20)17-7-8-2-1-3-10(18)4-8/h5-6,8,10,17-18H,1-4,7,16H2. The normalized spacial score (nSPS) is 23.2. The number of rotatable bonds is 4. The van der Waals surface area contributed by atoms with Crippen LogP contribution in [0.1, 0.15) is 25.7 Å². The van der Waals surface area contributed by atoms with Crippen LogP contribution in [-0.2, 0) is 10.0 Å². The summed E-state index contributed by atoms with van der Waals surface area (Å²) in [5, 5.41) is 9.64. The van der Waals surface area contributed by atoms with Crippen LogP contribution in [0.25, 0.3) is 0 Å². The van der Waals surface area contributed by atoms with E-state index in [0.29, 0.717) is 27.6 Å². The van der Waals surface area contributed by atoms with Gasteiger partial charge >= 0.3 is 0 Å². The fourth-order valence-electron chi connectivity index (χ4n) is 2.58. The maximum atomic E-state index is 12.4. The fourth-order valence-corrected chi connectivity index (χ4v) is 6.32. The Kier molecular flexibility index (Phi) is 5.70. The average Bonchev–Trinajstić information content (AvgIpc) is 2.35. The molecule has 1 aliphatic carbocycles. The first-order chi connectivity index (χ1) is 9.79. The lowest BCUT2D eigenvalue weighted by atomic mass is 9.87. The summed E-state index contributed by atoms with van der Waals surface area (Å²) < 4.78 is 28.3. The van der Waals surface area contributed by atoms with E-state index in [4.69, 9.17) is 5.73 Å². The van der Waals surface area contributed by atoms with Crippen molar-refractivity contribution >= 4 is 47.6 Å². The highest BCUT2D eigenvalue weighted by atomic mass is 79.9. The molecule has 0 heterocycles. The molecule has 2 rings (SSSR count). The third-order valence-corrected chi connectivity index (χ3v) is 6.91. The molecule has 1 fully saturated rings. The van der Waals surface area contributed by atoms with Gasteiger partial charge in [0.2, 0.25) is 10.0 Å². The van der Waals surface area contributed by atoms with Gasteiger partial charge in [-0.15, -0.1) is 0 Å². The van der Waals surface area contributed by atoms with E-state index in [1.165, 1.54) is 0 Å². The van der Waals surface area contributed by atoms with Gasteiger partial charge in [-0.1, -0.05) is 6.42 Å². The molecular formula is C13H18Br2N2O3S. The number of aliphatic hydroxyl groups is 1. The van der Waals surface area contributed by atoms with Crippen LogP contribution in [0.5, 0.6) is 0 Å². The molecule has 1 aromatic carbocycles. The summed E-state index contributed by atoms with van der Waals surface area (Å²) in [5.41, 5.74) is 6.15. The highest BCUT2D eigenvalue weighted by molar-refractivity contribution is 9.11. The number of halogens is 2. The summed E-state index contributed by atoms with van der Waals surface area (Å²) in [6, 6.07) is 3.12. The van der Waals surface area contributed by atoms with Crippen LogP contribution in [0.15, 0.2) is 26.0 Å². The van der Waals surface area contributed by atoms with Crippen LogP contribution in [0.3, 0.4) is 0 Å². The number of hydrogen-bond donors (Lipinski definition) is 3. The molecule has 0 aromatic heterocycles. The fraction of sp³-hybridized carbons (Fsp3) is 0.538. The van der Waals surface area contributed by atoms with E-state index >= 15 is 0 Å². The Bertz CT molecular complexity index is 599. The minimum Gasteiger partial charge on any atom is -0.399 e. The molecule has 0 amide bonds. The van der Waals surface area contributed by atoms with Gasteiger partial charge in [0.05, 0.1) is 6.10 Å². The monoisotopic (exact) mass is 440 g/mol. The van der Waals surface area contributed by atoms with E-state index in [2.05, 4.69) is 36.6 Å². The zero-order valence-corrected chi connectivity index (χ0v) is 15.3. The number of nitrogens with one attached hydrogen (secondary N) is 1. The van der Waals surface area contributed by atoms with Gasteiger partial charge in [-0.05, 0) is 69.2 Å². The second-order valence-corrected chi connectivity index (χ2v) is 8.76. The lowest BCUT2D eigenvalue weighted by Crippen LogP contribution is -2.33. The third-order valence-electron chi connectivity index (χ3n) is 3.61. The molecule has 0 radical (unpaired) electrons. The van der Waals surface area contributed by atoms with Gasteiger partial charge < -0.3 is 10.8 Å². The molecule has 0 spiro atoms. The first kappa shape index (κ1) is 17.2. The lowest BCUT2D eigenvalue weighted by Gasteiger charge is -2.26. The minimum atomic E-state index is -3.64. The number of nitrogen functional groups attached to an aromatic ring is 1. The Morgan fingerprint density at radius 3 is 2.48 bits per heavy atom. The summed E-state index contributed by atoms with van der Waals surface area (Å²) in [6.07, 6.45) is 3.00. The predicted molar refractivity (Wildman–Crippen MR) is 89.4 cm³/mol. The summed E-state index contributed by atoms with van der Waals surface area (Å²) in [5.74, 6) is 0.176. The zero-order chi connectivity index (χ0) is 15.6. The van der Waals surface area contributed by atoms with Crippen molar-refractivity contribution in [3.63, 3.8) is 0 Å². The third kappa shape index (κ3) is 4.41. The lowest BCUT2D eigenvalue weighted by molar-refractivity contribution is 0.102. The Morgan fingerprint density at radius 2 is 1.90 bits per heavy atom. The van der Waals surface area contributed by atoms with E-state index in [0.717, 1.165) is 19.3 Å². The summed E-state index contributed by atoms with van der Waals surface area (Å²) in [4.78, 5) is 0.146. The Hall–Kier alpha value is -0.150. The maximum Gasteiger partial charge on any atom is 0.242 e. The van der Waals surface area contributed by atoms with E-state index < -0.39 is 10.0 Å². The quantitative estimate of drug-likeness (QED) is 0.626. The van der Waals surface area contributed by atoms with E-state index in [1.807, 2.05) is 0 Å². The smallest absolute Gasteiger partial charge is 0.242 e. The predicted octanol–water partition coefficient (Wildman–Crippen LogP) is 2.62. The van der Waals surface area contributed by atoms with Gasteiger partial charge in [0.25, 0.3) is 0 Å². The second kappa shape index (κ2) is 6.95. The Labute approximate surface area is 141 Å². The van der Waals surface area contributed by atoms with Crippen LogP contribution >= 0.6 is 31.9 Å². The number of sulfonamides is 1. The molecule has 5 nitrogen and oxygen atoms in total. The maximum absolute atomic E-state index is 12.4. The molecule has 4 N–H and O–H groups in total. The average molecular weight is 442 g/mol. The SMILES string of the molecule is Nc1cc(Br)c(S(=O)(=O)NCC2CCCC(O)C2)c(Br)c1. The van der Waals surface area contributed by atoms with E-state index in [9.17, 15) is 13.5 Å². The second-order valence-electron chi connectivity index (χ2n) is 5.35. The van der Waals surface area contributed by atoms with Crippen molar-refractivity contribution in [1.82, 2.24) is 4.72 Å². The van der Waals surface area contributed by atoms with Crippen LogP contribution in [-0.4, -0.2) is 26.2 Å². The van der Waals surface area contributed by atoms with E-state index in [1.54, 1.807) is 12.1 Å². The number of anilines is 1. The van der Waals surface area contributed by atoms with Gasteiger partial charge in [-0.2, -0.15) is 0 Å². The van der Waals surface area contributed by atoms with Crippen LogP contribution < -0.4 is 10.5 Å². The molecule has 0 aliphatic heterocycles. The van der Waals surface area contributed by atoms with Gasteiger partial charge in [-0.3, -0.25) is 0 Å². The molecule has 2 unspecified atom stereocenters. The van der Waals surface area contributed by atoms with Crippen LogP contribution in [0.2, 0.25) is 0 Å². The topological polar surface area (TPSA) is 92.4 Å². The van der Waals surface area contributed by atoms with Crippen molar-refractivity contribution in [1.29, 1.82) is 0 Å². The number of nitrogens with two attached hydrogens (primary N) is 1. The first-order valence-corrected chi connectivity index (χ1v) is 9.79. The molecule has 0 saturated heterocycles. The van der Waals surface area contributed by atoms with Gasteiger partial charge in [-0.25, -0.2) is 13.1 Å². The largest absolute Gasteiger partial charge is 0.399 e. The summed E-state index contributed by atoms with van der Waals surface area (Å²) >= 11 is 6.48. The molecule has 1 aromatic rings. The molecule has 0 bridgehead atoms. The number of hydrogen-bond acceptors (Lipinski definition) is 4. The molecule has 1 aliphatic rings. The van der Waals surface area contributed by atoms with Crippen molar-refractivity contribution < 1.29 is 13.5 Å². The molecule has 1 saturated carbocycles. The van der Waals surface area contributed by atoms with Crippen molar-refractivity contribution in [2.24, 2.45) is 5.92 Å². The van der Waals surface area contributed by atoms with Gasteiger partial charge in [0, 0.05) is 21.2 Å². The molecule has 21 heavy (non-hydrogen) atoms. The van der Waals surface area contributed by atoms with Crippen LogP contribution in [0, 0.1) is 5.92 Å². The van der Waals surface area contributed by atoms with Crippen LogP contribution in [0.4, 0.5) is 5.69 Å². The summed E-state index contributed by atoms with van der Waals surface area (Å²) in [7, 11) is -3.64. The van der Waals surface area contributed by atoms with Gasteiger partial charge in [0.1, 0.15) is 4.90 Å². The molecule has 8 heteroatoms. The Balaban J connectivity index is 2.12. The number of benzene rings is 1. The summed E-state index contributed by atoms with van der Waals surface area (Å²) in [6.45, 7) is 0.336. The molecule has 2 atom stereocenters. The Morgan fingerprint density at radius 1 is 1.29 bits per heavy atom. The highest BCUT2D eigenvalue weighted by Crippen LogP contribution is 2.32. The molecular weight excluding hydrogens is 424 g/mol. The van der Waals surface area contributed by atoms with Gasteiger partial charge in [0.15, 0.2) is 0 Å². The first-order valence-electron chi connectivity index (χ1n) is 6.72. The van der Waals surface area contributed by atoms with Crippen molar-refractivity contribution in [3.8, 4) is 0 Å². The minimum absolute atomic E-state index is 0.146. The zero-order valence-electron chi connectivity index (χ0n) is 11.4. The van der Waals surface area contributed by atoms with Crippen molar-refractivity contribution in [2.45, 2.75) is 36.7 Å². The van der Waals surface area contributed by atoms with Crippen molar-refractivity contribution in [3.05, 3.63) is 21.1 Å². The molecule has 118 valence electrons. The van der Waals surface area contributed by atoms with E-state index in [-0.39, 0.29) is 16.9 Å². The highest BCUT2D eigenvalue weighted by Gasteiger charge is 2.25. The van der Waals surface area contributed by atoms with Crippen molar-refractivity contribution in [2.75, 3.05) is 12.3 Å². The number of aliphatic hydroxyl groups excluding tert-OH is 1.